The molecule has 1 aromatic carbocycles. The maximum absolute atomic E-state index is 11.5. The Kier molecular flexibility index (Phi) is 6.36. The molecular weight excluding hydrogens is 240 g/mol. The van der Waals surface area contributed by atoms with E-state index in [1.54, 1.807) is 0 Å². The smallest absolute Gasteiger partial charge is 0.257 e. The molecule has 1 aromatic rings. The van der Waals surface area contributed by atoms with Crippen LogP contribution in [0.2, 0.25) is 0 Å². The molecule has 0 saturated carbocycles. The van der Waals surface area contributed by atoms with Crippen LogP contribution in [0.4, 0.5) is 0 Å². The van der Waals surface area contributed by atoms with Crippen LogP contribution < -0.4 is 15.8 Å². The number of hydrogen-bond acceptors (Lipinski definition) is 3. The van der Waals surface area contributed by atoms with Crippen LogP contribution in [-0.2, 0) is 4.79 Å². The molecule has 0 heterocycles. The summed E-state index contributed by atoms with van der Waals surface area (Å²) >= 11 is 0. The number of ether oxygens (including phenoxy) is 1. The van der Waals surface area contributed by atoms with E-state index in [0.717, 1.165) is 12.0 Å². The van der Waals surface area contributed by atoms with Crippen LogP contribution in [0.25, 0.3) is 0 Å². The fraction of sp³-hybridized carbons (Fsp3) is 0.533. The lowest BCUT2D eigenvalue weighted by atomic mass is 10.1. The van der Waals surface area contributed by atoms with Crippen molar-refractivity contribution < 1.29 is 9.53 Å². The summed E-state index contributed by atoms with van der Waals surface area (Å²) in [4.78, 5) is 11.5. The van der Waals surface area contributed by atoms with Crippen molar-refractivity contribution in [2.45, 2.75) is 33.2 Å². The second-order valence-electron chi connectivity index (χ2n) is 5.18. The van der Waals surface area contributed by atoms with E-state index in [0.29, 0.717) is 18.2 Å². The Bertz CT molecular complexity index is 386. The molecule has 106 valence electrons. The van der Waals surface area contributed by atoms with E-state index in [2.05, 4.69) is 19.2 Å². The highest BCUT2D eigenvalue weighted by Crippen LogP contribution is 2.15. The summed E-state index contributed by atoms with van der Waals surface area (Å²) in [6.45, 7) is 6.93. The molecule has 4 nitrogen and oxygen atoms in total. The Morgan fingerprint density at radius 3 is 2.42 bits per heavy atom. The number of benzene rings is 1. The molecule has 0 aliphatic heterocycles. The summed E-state index contributed by atoms with van der Waals surface area (Å²) in [7, 11) is 0. The number of amides is 1. The zero-order valence-electron chi connectivity index (χ0n) is 12.0. The summed E-state index contributed by atoms with van der Waals surface area (Å²) in [6.07, 6.45) is 0.981. The first-order valence-corrected chi connectivity index (χ1v) is 6.74. The fourth-order valence-electron chi connectivity index (χ4n) is 1.57. The predicted molar refractivity (Wildman–Crippen MR) is 77.0 cm³/mol. The van der Waals surface area contributed by atoms with Gasteiger partial charge in [0.1, 0.15) is 5.75 Å². The van der Waals surface area contributed by atoms with E-state index in [-0.39, 0.29) is 18.6 Å². The van der Waals surface area contributed by atoms with Crippen LogP contribution in [0.1, 0.15) is 38.8 Å². The Hall–Kier alpha value is -1.55. The van der Waals surface area contributed by atoms with Gasteiger partial charge in [0.25, 0.3) is 5.91 Å². The third-order valence-corrected chi connectivity index (χ3v) is 2.82. The van der Waals surface area contributed by atoms with Gasteiger partial charge in [-0.1, -0.05) is 26.0 Å². The van der Waals surface area contributed by atoms with Gasteiger partial charge in [0.2, 0.25) is 0 Å². The minimum atomic E-state index is -0.0862. The van der Waals surface area contributed by atoms with Crippen molar-refractivity contribution >= 4 is 5.91 Å². The van der Waals surface area contributed by atoms with Gasteiger partial charge in [-0.25, -0.2) is 0 Å². The second kappa shape index (κ2) is 7.79. The molecule has 0 aromatic heterocycles. The van der Waals surface area contributed by atoms with Crippen molar-refractivity contribution in [2.75, 3.05) is 13.2 Å². The van der Waals surface area contributed by atoms with Crippen LogP contribution in [0.3, 0.4) is 0 Å². The lowest BCUT2D eigenvalue weighted by Gasteiger charge is -2.10. The molecule has 1 amide bonds. The SMILES string of the molecule is CC(C)CCNC(=O)COc1ccc([C@H](C)N)cc1. The average molecular weight is 264 g/mol. The van der Waals surface area contributed by atoms with E-state index < -0.39 is 0 Å². The van der Waals surface area contributed by atoms with Crippen LogP contribution in [0.5, 0.6) is 5.75 Å². The van der Waals surface area contributed by atoms with E-state index in [9.17, 15) is 4.79 Å². The minimum absolute atomic E-state index is 0.00776. The van der Waals surface area contributed by atoms with Crippen LogP contribution >= 0.6 is 0 Å². The fourth-order valence-corrected chi connectivity index (χ4v) is 1.57. The second-order valence-corrected chi connectivity index (χ2v) is 5.18. The maximum atomic E-state index is 11.5. The summed E-state index contributed by atoms with van der Waals surface area (Å²) in [5.74, 6) is 1.19. The first-order valence-electron chi connectivity index (χ1n) is 6.74. The summed E-state index contributed by atoms with van der Waals surface area (Å²) in [5.41, 5.74) is 6.81. The van der Waals surface area contributed by atoms with Crippen molar-refractivity contribution in [1.29, 1.82) is 0 Å². The standard InChI is InChI=1S/C15H24N2O2/c1-11(2)8-9-17-15(18)10-19-14-6-4-13(5-7-14)12(3)16/h4-7,11-12H,8-10,16H2,1-3H3,(H,17,18)/t12-/m0/s1. The monoisotopic (exact) mass is 264 g/mol. The molecule has 0 bridgehead atoms. The van der Waals surface area contributed by atoms with Gasteiger partial charge < -0.3 is 15.8 Å². The Morgan fingerprint density at radius 2 is 1.89 bits per heavy atom. The van der Waals surface area contributed by atoms with E-state index in [1.807, 2.05) is 31.2 Å². The Morgan fingerprint density at radius 1 is 1.26 bits per heavy atom. The van der Waals surface area contributed by atoms with Gasteiger partial charge >= 0.3 is 0 Å². The van der Waals surface area contributed by atoms with E-state index in [1.165, 1.54) is 0 Å². The molecule has 0 radical (unpaired) electrons. The van der Waals surface area contributed by atoms with Gasteiger partial charge in [0, 0.05) is 12.6 Å². The number of hydrogen-bond donors (Lipinski definition) is 2. The van der Waals surface area contributed by atoms with E-state index in [4.69, 9.17) is 10.5 Å². The molecule has 19 heavy (non-hydrogen) atoms. The lowest BCUT2D eigenvalue weighted by Crippen LogP contribution is -2.30. The molecular formula is C15H24N2O2. The van der Waals surface area contributed by atoms with E-state index >= 15 is 0 Å². The molecule has 1 atom stereocenters. The van der Waals surface area contributed by atoms with Crippen molar-refractivity contribution in [2.24, 2.45) is 11.7 Å². The van der Waals surface area contributed by atoms with Gasteiger partial charge in [-0.05, 0) is 37.0 Å². The molecule has 0 aliphatic rings. The van der Waals surface area contributed by atoms with Crippen LogP contribution in [-0.4, -0.2) is 19.1 Å². The largest absolute Gasteiger partial charge is 0.484 e. The number of nitrogens with one attached hydrogen (secondary N) is 1. The molecule has 3 N–H and O–H groups in total. The van der Waals surface area contributed by atoms with Crippen molar-refractivity contribution in [3.8, 4) is 5.75 Å². The molecule has 1 rings (SSSR count). The van der Waals surface area contributed by atoms with Gasteiger partial charge in [-0.2, -0.15) is 0 Å². The number of nitrogens with two attached hydrogens (primary N) is 1. The van der Waals surface area contributed by atoms with Gasteiger partial charge in [0.15, 0.2) is 6.61 Å². The van der Waals surface area contributed by atoms with Crippen molar-refractivity contribution in [3.05, 3.63) is 29.8 Å². The average Bonchev–Trinajstić information content (AvgIpc) is 2.36. The van der Waals surface area contributed by atoms with Gasteiger partial charge in [-0.15, -0.1) is 0 Å². The molecule has 0 saturated heterocycles. The normalized spacial score (nSPS) is 12.3. The molecule has 0 spiro atoms. The zero-order valence-corrected chi connectivity index (χ0v) is 12.0. The van der Waals surface area contributed by atoms with Gasteiger partial charge in [0.05, 0.1) is 0 Å². The minimum Gasteiger partial charge on any atom is -0.484 e. The van der Waals surface area contributed by atoms with Gasteiger partial charge in [-0.3, -0.25) is 4.79 Å². The Balaban J connectivity index is 2.30. The first-order chi connectivity index (χ1) is 8.99. The highest BCUT2D eigenvalue weighted by Gasteiger charge is 2.04. The highest BCUT2D eigenvalue weighted by molar-refractivity contribution is 5.77. The molecule has 0 unspecified atom stereocenters. The quantitative estimate of drug-likeness (QED) is 0.794. The Labute approximate surface area is 115 Å². The summed E-state index contributed by atoms with van der Waals surface area (Å²) < 4.78 is 5.41. The predicted octanol–water partition coefficient (Wildman–Crippen LogP) is 2.25. The number of rotatable bonds is 7. The number of carbonyl (C=O) groups excluding carboxylic acids is 1. The molecule has 4 heteroatoms. The van der Waals surface area contributed by atoms with Crippen molar-refractivity contribution in [1.82, 2.24) is 5.32 Å². The zero-order chi connectivity index (χ0) is 14.3. The number of carbonyl (C=O) groups is 1. The summed E-state index contributed by atoms with van der Waals surface area (Å²) in [5, 5.41) is 2.83. The van der Waals surface area contributed by atoms with Crippen molar-refractivity contribution in [3.63, 3.8) is 0 Å². The molecule has 0 aliphatic carbocycles. The third kappa shape index (κ3) is 6.25. The highest BCUT2D eigenvalue weighted by atomic mass is 16.5. The van der Waals surface area contributed by atoms with Crippen LogP contribution in [0, 0.1) is 5.92 Å². The topological polar surface area (TPSA) is 64.3 Å². The first kappa shape index (κ1) is 15.5. The molecule has 0 fully saturated rings. The lowest BCUT2D eigenvalue weighted by molar-refractivity contribution is -0.123. The van der Waals surface area contributed by atoms with Crippen LogP contribution in [0.15, 0.2) is 24.3 Å². The summed E-state index contributed by atoms with van der Waals surface area (Å²) in [6, 6.07) is 7.50. The third-order valence-electron chi connectivity index (χ3n) is 2.82. The maximum Gasteiger partial charge on any atom is 0.257 e.